The summed E-state index contributed by atoms with van der Waals surface area (Å²) in [4.78, 5) is 32.5. The standard InChI is InChI=1S/C15H22N4O2/c1-17-9-7-16-13(15(17)21)19-8-3-4-12(10-19)18(2)14(20)11-5-6-11/h7,9,11-12H,3-6,8,10H2,1-2H3. The van der Waals surface area contributed by atoms with Crippen molar-refractivity contribution in [3.8, 4) is 0 Å². The number of likely N-dealkylation sites (N-methyl/N-ethyl adjacent to an activating group) is 1. The number of aryl methyl sites for hydroxylation is 1. The minimum atomic E-state index is -0.0747. The SMILES string of the molecule is CN(C(=O)C1CC1)C1CCCN(c2nccn(C)c2=O)C1. The minimum Gasteiger partial charge on any atom is -0.350 e. The summed E-state index contributed by atoms with van der Waals surface area (Å²) in [6.07, 6.45) is 7.35. The summed E-state index contributed by atoms with van der Waals surface area (Å²) < 4.78 is 1.55. The largest absolute Gasteiger partial charge is 0.350 e. The zero-order valence-corrected chi connectivity index (χ0v) is 12.7. The van der Waals surface area contributed by atoms with E-state index in [0.717, 1.165) is 32.2 Å². The number of carbonyl (C=O) groups is 1. The molecule has 0 bridgehead atoms. The van der Waals surface area contributed by atoms with Crippen molar-refractivity contribution in [2.24, 2.45) is 13.0 Å². The van der Waals surface area contributed by atoms with Crippen molar-refractivity contribution < 1.29 is 4.79 Å². The molecule has 1 aliphatic carbocycles. The lowest BCUT2D eigenvalue weighted by Crippen LogP contribution is -2.50. The van der Waals surface area contributed by atoms with Crippen LogP contribution in [0.15, 0.2) is 17.2 Å². The maximum Gasteiger partial charge on any atom is 0.293 e. The molecule has 6 heteroatoms. The van der Waals surface area contributed by atoms with Gasteiger partial charge in [-0.05, 0) is 25.7 Å². The van der Waals surface area contributed by atoms with Gasteiger partial charge >= 0.3 is 0 Å². The van der Waals surface area contributed by atoms with Crippen molar-refractivity contribution in [1.82, 2.24) is 14.5 Å². The Balaban J connectivity index is 1.74. The van der Waals surface area contributed by atoms with Crippen LogP contribution >= 0.6 is 0 Å². The van der Waals surface area contributed by atoms with E-state index in [1.54, 1.807) is 24.0 Å². The van der Waals surface area contributed by atoms with Crippen LogP contribution in [0.1, 0.15) is 25.7 Å². The highest BCUT2D eigenvalue weighted by Crippen LogP contribution is 2.32. The van der Waals surface area contributed by atoms with Crippen LogP contribution < -0.4 is 10.5 Å². The molecule has 6 nitrogen and oxygen atoms in total. The highest BCUT2D eigenvalue weighted by atomic mass is 16.2. The Bertz CT molecular complexity index is 594. The van der Waals surface area contributed by atoms with Crippen LogP contribution in [-0.4, -0.2) is 46.5 Å². The predicted octanol–water partition coefficient (Wildman–Crippen LogP) is 0.617. The molecular formula is C15H22N4O2. The van der Waals surface area contributed by atoms with Gasteiger partial charge in [0, 0.05) is 51.5 Å². The molecule has 1 amide bonds. The van der Waals surface area contributed by atoms with E-state index in [9.17, 15) is 9.59 Å². The Labute approximate surface area is 124 Å². The van der Waals surface area contributed by atoms with Gasteiger partial charge in [-0.1, -0.05) is 0 Å². The van der Waals surface area contributed by atoms with Crippen LogP contribution in [0.25, 0.3) is 0 Å². The lowest BCUT2D eigenvalue weighted by atomic mass is 10.0. The molecule has 1 aliphatic heterocycles. The van der Waals surface area contributed by atoms with Crippen LogP contribution in [-0.2, 0) is 11.8 Å². The third kappa shape index (κ3) is 2.80. The van der Waals surface area contributed by atoms with Gasteiger partial charge in [-0.25, -0.2) is 4.98 Å². The summed E-state index contributed by atoms with van der Waals surface area (Å²) >= 11 is 0. The lowest BCUT2D eigenvalue weighted by molar-refractivity contribution is -0.133. The van der Waals surface area contributed by atoms with Gasteiger partial charge in [-0.2, -0.15) is 0 Å². The van der Waals surface area contributed by atoms with Gasteiger partial charge in [0.15, 0.2) is 5.82 Å². The molecule has 2 heterocycles. The Kier molecular flexibility index (Phi) is 3.69. The Morgan fingerprint density at radius 1 is 1.38 bits per heavy atom. The number of hydrogen-bond acceptors (Lipinski definition) is 4. The van der Waals surface area contributed by atoms with E-state index < -0.39 is 0 Å². The Hall–Kier alpha value is -1.85. The van der Waals surface area contributed by atoms with Gasteiger partial charge in [0.25, 0.3) is 5.56 Å². The second-order valence-corrected chi connectivity index (χ2v) is 6.13. The molecule has 3 rings (SSSR count). The molecule has 1 aromatic rings. The number of amides is 1. The normalized spacial score (nSPS) is 22.2. The number of anilines is 1. The zero-order chi connectivity index (χ0) is 15.0. The zero-order valence-electron chi connectivity index (χ0n) is 12.7. The van der Waals surface area contributed by atoms with Crippen LogP contribution in [0.5, 0.6) is 0 Å². The monoisotopic (exact) mass is 290 g/mol. The third-order valence-electron chi connectivity index (χ3n) is 4.52. The number of carbonyl (C=O) groups excluding carboxylic acids is 1. The molecule has 1 unspecified atom stereocenters. The van der Waals surface area contributed by atoms with Crippen molar-refractivity contribution in [3.05, 3.63) is 22.7 Å². The Morgan fingerprint density at radius 2 is 2.14 bits per heavy atom. The number of aromatic nitrogens is 2. The summed E-state index contributed by atoms with van der Waals surface area (Å²) in [7, 11) is 3.63. The molecule has 1 aromatic heterocycles. The van der Waals surface area contributed by atoms with Crippen molar-refractivity contribution >= 4 is 11.7 Å². The fraction of sp³-hybridized carbons (Fsp3) is 0.667. The molecule has 2 fully saturated rings. The van der Waals surface area contributed by atoms with Gasteiger partial charge in [0.05, 0.1) is 0 Å². The summed E-state index contributed by atoms with van der Waals surface area (Å²) in [5.41, 5.74) is -0.0747. The summed E-state index contributed by atoms with van der Waals surface area (Å²) in [6, 6.07) is 0.179. The molecule has 0 N–H and O–H groups in total. The Morgan fingerprint density at radius 3 is 2.86 bits per heavy atom. The molecule has 1 atom stereocenters. The van der Waals surface area contributed by atoms with Gasteiger partial charge in [-0.15, -0.1) is 0 Å². The number of nitrogens with zero attached hydrogens (tertiary/aromatic N) is 4. The molecule has 0 aromatic carbocycles. The van der Waals surface area contributed by atoms with Crippen molar-refractivity contribution in [2.45, 2.75) is 31.7 Å². The smallest absolute Gasteiger partial charge is 0.293 e. The van der Waals surface area contributed by atoms with Crippen molar-refractivity contribution in [2.75, 3.05) is 25.0 Å². The van der Waals surface area contributed by atoms with Crippen molar-refractivity contribution in [3.63, 3.8) is 0 Å². The molecule has 2 aliphatic rings. The van der Waals surface area contributed by atoms with Crippen LogP contribution in [0.3, 0.4) is 0 Å². The quantitative estimate of drug-likeness (QED) is 0.819. The fourth-order valence-electron chi connectivity index (χ4n) is 2.96. The molecule has 0 spiro atoms. The molecule has 1 saturated heterocycles. The number of hydrogen-bond donors (Lipinski definition) is 0. The highest BCUT2D eigenvalue weighted by Gasteiger charge is 2.36. The summed E-state index contributed by atoms with van der Waals surface area (Å²) in [5.74, 6) is 1.00. The van der Waals surface area contributed by atoms with Crippen molar-refractivity contribution in [1.29, 1.82) is 0 Å². The third-order valence-corrected chi connectivity index (χ3v) is 4.52. The first-order valence-electron chi connectivity index (χ1n) is 7.61. The first kappa shape index (κ1) is 14.1. The van der Waals surface area contributed by atoms with Gasteiger partial charge < -0.3 is 14.4 Å². The second kappa shape index (κ2) is 5.50. The van der Waals surface area contributed by atoms with E-state index in [-0.39, 0.29) is 23.4 Å². The van der Waals surface area contributed by atoms with Gasteiger partial charge in [0.2, 0.25) is 5.91 Å². The van der Waals surface area contributed by atoms with Crippen LogP contribution in [0.2, 0.25) is 0 Å². The second-order valence-electron chi connectivity index (χ2n) is 6.13. The van der Waals surface area contributed by atoms with Crippen LogP contribution in [0.4, 0.5) is 5.82 Å². The predicted molar refractivity (Wildman–Crippen MR) is 80.2 cm³/mol. The highest BCUT2D eigenvalue weighted by molar-refractivity contribution is 5.81. The maximum absolute atomic E-state index is 12.2. The minimum absolute atomic E-state index is 0.0747. The lowest BCUT2D eigenvalue weighted by Gasteiger charge is -2.38. The average molecular weight is 290 g/mol. The van der Waals surface area contributed by atoms with Gasteiger partial charge in [0.1, 0.15) is 0 Å². The van der Waals surface area contributed by atoms with Crippen LogP contribution in [0, 0.1) is 5.92 Å². The van der Waals surface area contributed by atoms with E-state index in [1.807, 2.05) is 16.8 Å². The number of rotatable bonds is 3. The maximum atomic E-state index is 12.2. The topological polar surface area (TPSA) is 58.4 Å². The average Bonchev–Trinajstić information content (AvgIpc) is 3.33. The summed E-state index contributed by atoms with van der Waals surface area (Å²) in [6.45, 7) is 1.52. The first-order valence-corrected chi connectivity index (χ1v) is 7.61. The van der Waals surface area contributed by atoms with E-state index in [1.165, 1.54) is 0 Å². The number of piperidine rings is 1. The molecule has 21 heavy (non-hydrogen) atoms. The fourth-order valence-corrected chi connectivity index (χ4v) is 2.96. The molecular weight excluding hydrogens is 268 g/mol. The molecule has 1 saturated carbocycles. The van der Waals surface area contributed by atoms with Gasteiger partial charge in [-0.3, -0.25) is 9.59 Å². The summed E-state index contributed by atoms with van der Waals surface area (Å²) in [5, 5.41) is 0. The van der Waals surface area contributed by atoms with E-state index in [4.69, 9.17) is 0 Å². The van der Waals surface area contributed by atoms with E-state index in [2.05, 4.69) is 4.98 Å². The molecule has 0 radical (unpaired) electrons. The molecule has 114 valence electrons. The first-order chi connectivity index (χ1) is 10.1. The van der Waals surface area contributed by atoms with E-state index >= 15 is 0 Å². The van der Waals surface area contributed by atoms with E-state index in [0.29, 0.717) is 12.4 Å².